The Kier molecular flexibility index (Phi) is 5.25. The van der Waals surface area contributed by atoms with Crippen LogP contribution in [0.1, 0.15) is 20.3 Å². The van der Waals surface area contributed by atoms with Crippen LogP contribution in [0.3, 0.4) is 0 Å². The lowest BCUT2D eigenvalue weighted by Gasteiger charge is -2.13. The first-order chi connectivity index (χ1) is 10.8. The molecule has 0 spiro atoms. The fourth-order valence-corrected chi connectivity index (χ4v) is 3.64. The average molecular weight is 340 g/mol. The van der Waals surface area contributed by atoms with Crippen molar-refractivity contribution >= 4 is 27.5 Å². The topological polar surface area (TPSA) is 92.8 Å². The van der Waals surface area contributed by atoms with E-state index in [1.807, 2.05) is 0 Å². The van der Waals surface area contributed by atoms with Crippen LogP contribution in [0, 0.1) is 0 Å². The van der Waals surface area contributed by atoms with E-state index in [1.165, 1.54) is 24.0 Å². The van der Waals surface area contributed by atoms with E-state index in [1.54, 1.807) is 19.1 Å². The summed E-state index contributed by atoms with van der Waals surface area (Å²) in [4.78, 5) is 24.4. The van der Waals surface area contributed by atoms with Gasteiger partial charge in [0.2, 0.25) is 5.91 Å². The van der Waals surface area contributed by atoms with Gasteiger partial charge in [-0.05, 0) is 30.7 Å². The summed E-state index contributed by atoms with van der Waals surface area (Å²) in [5.74, 6) is -0.0957. The normalized spacial score (nSPS) is 17.9. The predicted octanol–water partition coefficient (Wildman–Crippen LogP) is 1.33. The molecule has 1 aliphatic rings. The molecule has 1 heterocycles. The first-order valence-electron chi connectivity index (χ1n) is 7.39. The number of carbonyl (C=O) groups is 2. The highest BCUT2D eigenvalue weighted by atomic mass is 32.2. The molecule has 8 heteroatoms. The van der Waals surface area contributed by atoms with Crippen molar-refractivity contribution in [1.82, 2.24) is 5.32 Å². The number of anilines is 1. The van der Waals surface area contributed by atoms with E-state index in [2.05, 4.69) is 5.32 Å². The molecular weight excluding hydrogens is 320 g/mol. The molecule has 0 aromatic heterocycles. The second-order valence-corrected chi connectivity index (χ2v) is 7.48. The van der Waals surface area contributed by atoms with Gasteiger partial charge in [0, 0.05) is 12.6 Å². The Labute approximate surface area is 135 Å². The quantitative estimate of drug-likeness (QED) is 0.843. The number of sulfone groups is 1. The first kappa shape index (κ1) is 17.3. The van der Waals surface area contributed by atoms with Gasteiger partial charge in [-0.2, -0.15) is 0 Å². The second-order valence-electron chi connectivity index (χ2n) is 5.37. The summed E-state index contributed by atoms with van der Waals surface area (Å²) in [5.41, 5.74) is 0.566. The number of hydrogen-bond acceptors (Lipinski definition) is 5. The Morgan fingerprint density at radius 2 is 2.00 bits per heavy atom. The summed E-state index contributed by atoms with van der Waals surface area (Å²) in [6.45, 7) is 3.76. The molecule has 1 atom stereocenters. The van der Waals surface area contributed by atoms with E-state index >= 15 is 0 Å². The molecule has 1 saturated heterocycles. The third-order valence-electron chi connectivity index (χ3n) is 3.43. The van der Waals surface area contributed by atoms with Crippen molar-refractivity contribution in [1.29, 1.82) is 0 Å². The highest BCUT2D eigenvalue weighted by Crippen LogP contribution is 2.23. The van der Waals surface area contributed by atoms with E-state index in [4.69, 9.17) is 4.74 Å². The summed E-state index contributed by atoms with van der Waals surface area (Å²) in [6.07, 6.45) is -0.382. The Morgan fingerprint density at radius 3 is 2.57 bits per heavy atom. The average Bonchev–Trinajstić information content (AvgIpc) is 2.86. The van der Waals surface area contributed by atoms with Crippen molar-refractivity contribution in [2.24, 2.45) is 0 Å². The van der Waals surface area contributed by atoms with Gasteiger partial charge in [-0.15, -0.1) is 0 Å². The maximum absolute atomic E-state index is 12.0. The van der Waals surface area contributed by atoms with E-state index in [0.29, 0.717) is 18.7 Å². The number of ether oxygens (including phenoxy) is 1. The van der Waals surface area contributed by atoms with Crippen molar-refractivity contribution in [2.75, 3.05) is 23.7 Å². The van der Waals surface area contributed by atoms with Gasteiger partial charge >= 0.3 is 6.09 Å². The van der Waals surface area contributed by atoms with Crippen LogP contribution in [0.15, 0.2) is 29.2 Å². The summed E-state index contributed by atoms with van der Waals surface area (Å²) >= 11 is 0. The summed E-state index contributed by atoms with van der Waals surface area (Å²) in [6, 6.07) is 6.17. The molecule has 0 radical (unpaired) electrons. The number of benzene rings is 1. The van der Waals surface area contributed by atoms with E-state index in [9.17, 15) is 18.0 Å². The van der Waals surface area contributed by atoms with E-state index in [-0.39, 0.29) is 23.1 Å². The molecule has 0 bridgehead atoms. The van der Waals surface area contributed by atoms with E-state index in [0.717, 1.165) is 0 Å². The third-order valence-corrected chi connectivity index (χ3v) is 5.37. The van der Waals surface area contributed by atoms with Crippen molar-refractivity contribution in [3.63, 3.8) is 0 Å². The lowest BCUT2D eigenvalue weighted by atomic mass is 10.2. The van der Waals surface area contributed by atoms with Gasteiger partial charge in [-0.3, -0.25) is 9.69 Å². The molecule has 1 fully saturated rings. The standard InChI is InChI=1S/C15H20N2O5S/c1-3-8-23(20,21)14-6-4-12(5-7-14)17-10-13(22-15(17)19)9-16-11(2)18/h4-7,13H,3,8-10H2,1-2H3,(H,16,18)/t13-/m0/s1. The van der Waals surface area contributed by atoms with Gasteiger partial charge in [0.05, 0.1) is 23.7 Å². The Hall–Kier alpha value is -2.09. The SMILES string of the molecule is CCCS(=O)(=O)c1ccc(N2C[C@H](CNC(C)=O)OC2=O)cc1. The second kappa shape index (κ2) is 6.99. The number of nitrogens with zero attached hydrogens (tertiary/aromatic N) is 1. The highest BCUT2D eigenvalue weighted by molar-refractivity contribution is 7.91. The van der Waals surface area contributed by atoms with Crippen LogP contribution >= 0.6 is 0 Å². The maximum atomic E-state index is 12.0. The molecule has 0 saturated carbocycles. The van der Waals surface area contributed by atoms with Crippen LogP contribution in [-0.2, 0) is 19.4 Å². The molecule has 1 aromatic rings. The molecule has 2 amide bonds. The Bertz CT molecular complexity index is 684. The summed E-state index contributed by atoms with van der Waals surface area (Å²) in [5, 5.41) is 2.60. The monoisotopic (exact) mass is 340 g/mol. The van der Waals surface area contributed by atoms with Crippen molar-refractivity contribution in [3.8, 4) is 0 Å². The molecule has 1 N–H and O–H groups in total. The number of rotatable bonds is 6. The molecule has 1 aliphatic heterocycles. The minimum absolute atomic E-state index is 0.0941. The van der Waals surface area contributed by atoms with Crippen LogP contribution < -0.4 is 10.2 Å². The van der Waals surface area contributed by atoms with Crippen molar-refractivity contribution in [2.45, 2.75) is 31.3 Å². The number of cyclic esters (lactones) is 1. The highest BCUT2D eigenvalue weighted by Gasteiger charge is 2.32. The van der Waals surface area contributed by atoms with E-state index < -0.39 is 22.0 Å². The van der Waals surface area contributed by atoms with Gasteiger partial charge < -0.3 is 10.1 Å². The third kappa shape index (κ3) is 4.22. The lowest BCUT2D eigenvalue weighted by Crippen LogP contribution is -2.33. The Morgan fingerprint density at radius 1 is 1.35 bits per heavy atom. The minimum atomic E-state index is -3.28. The predicted molar refractivity (Wildman–Crippen MR) is 85.1 cm³/mol. The largest absolute Gasteiger partial charge is 0.442 e. The minimum Gasteiger partial charge on any atom is -0.442 e. The van der Waals surface area contributed by atoms with Crippen LogP contribution in [-0.4, -0.2) is 45.4 Å². The fraction of sp³-hybridized carbons (Fsp3) is 0.467. The number of hydrogen-bond donors (Lipinski definition) is 1. The van der Waals surface area contributed by atoms with Gasteiger partial charge in [-0.25, -0.2) is 13.2 Å². The van der Waals surface area contributed by atoms with Crippen molar-refractivity contribution < 1.29 is 22.7 Å². The van der Waals surface area contributed by atoms with Gasteiger partial charge in [0.1, 0.15) is 6.10 Å². The molecule has 1 aromatic carbocycles. The smallest absolute Gasteiger partial charge is 0.414 e. The molecule has 7 nitrogen and oxygen atoms in total. The lowest BCUT2D eigenvalue weighted by molar-refractivity contribution is -0.119. The maximum Gasteiger partial charge on any atom is 0.414 e. The molecule has 0 aliphatic carbocycles. The number of amides is 2. The first-order valence-corrected chi connectivity index (χ1v) is 9.04. The number of carbonyl (C=O) groups excluding carboxylic acids is 2. The summed E-state index contributed by atoms with van der Waals surface area (Å²) in [7, 11) is -3.28. The Balaban J connectivity index is 2.08. The van der Waals surface area contributed by atoms with Gasteiger partial charge in [0.15, 0.2) is 9.84 Å². The zero-order chi connectivity index (χ0) is 17.0. The van der Waals surface area contributed by atoms with Gasteiger partial charge in [-0.1, -0.05) is 6.92 Å². The zero-order valence-corrected chi connectivity index (χ0v) is 13.9. The van der Waals surface area contributed by atoms with Crippen molar-refractivity contribution in [3.05, 3.63) is 24.3 Å². The van der Waals surface area contributed by atoms with Crippen LogP contribution in [0.25, 0.3) is 0 Å². The molecule has 2 rings (SSSR count). The molecule has 126 valence electrons. The van der Waals surface area contributed by atoms with Crippen LogP contribution in [0.4, 0.5) is 10.5 Å². The van der Waals surface area contributed by atoms with Gasteiger partial charge in [0.25, 0.3) is 0 Å². The van der Waals surface area contributed by atoms with Crippen LogP contribution in [0.2, 0.25) is 0 Å². The molecular formula is C15H20N2O5S. The fourth-order valence-electron chi connectivity index (χ4n) is 2.32. The molecule has 0 unspecified atom stereocenters. The van der Waals surface area contributed by atoms with Crippen LogP contribution in [0.5, 0.6) is 0 Å². The molecule has 23 heavy (non-hydrogen) atoms. The number of nitrogens with one attached hydrogen (secondary N) is 1. The summed E-state index contributed by atoms with van der Waals surface area (Å²) < 4.78 is 29.1. The zero-order valence-electron chi connectivity index (χ0n) is 13.1.